The number of aryl methyl sites for hydroxylation is 1. The number of rotatable bonds is 7. The Hall–Kier alpha value is -2.41. The molecule has 26 heavy (non-hydrogen) atoms. The first kappa shape index (κ1) is 19.9. The smallest absolute Gasteiger partial charge is 0.263 e. The molecule has 6 nitrogen and oxygen atoms in total. The quantitative estimate of drug-likeness (QED) is 0.395. The van der Waals surface area contributed by atoms with Crippen LogP contribution in [0.15, 0.2) is 40.8 Å². The average molecular weight is 374 g/mol. The van der Waals surface area contributed by atoms with Crippen molar-refractivity contribution in [3.8, 4) is 0 Å². The van der Waals surface area contributed by atoms with Crippen LogP contribution in [-0.4, -0.2) is 43.5 Å². The molecular weight excluding hydrogens is 346 g/mol. The van der Waals surface area contributed by atoms with Crippen LogP contribution >= 0.6 is 11.3 Å². The molecule has 0 aliphatic heterocycles. The van der Waals surface area contributed by atoms with Gasteiger partial charge in [0.15, 0.2) is 5.96 Å². The number of thiazole rings is 1. The molecule has 7 heteroatoms. The number of aromatic nitrogens is 1. The third-order valence-electron chi connectivity index (χ3n) is 4.13. The molecule has 0 radical (unpaired) electrons. The van der Waals surface area contributed by atoms with E-state index in [4.69, 9.17) is 0 Å². The van der Waals surface area contributed by atoms with Crippen LogP contribution in [0.3, 0.4) is 0 Å². The topological polar surface area (TPSA) is 78.4 Å². The lowest BCUT2D eigenvalue weighted by Crippen LogP contribution is -2.45. The summed E-state index contributed by atoms with van der Waals surface area (Å²) in [6, 6.07) is 10.4. The van der Waals surface area contributed by atoms with Gasteiger partial charge in [0.2, 0.25) is 0 Å². The third-order valence-corrected chi connectivity index (χ3v) is 5.06. The fourth-order valence-corrected chi connectivity index (χ4v) is 3.19. The number of benzene rings is 1. The Morgan fingerprint density at radius 1 is 1.15 bits per heavy atom. The van der Waals surface area contributed by atoms with Gasteiger partial charge in [0, 0.05) is 32.1 Å². The highest BCUT2D eigenvalue weighted by Crippen LogP contribution is 2.21. The summed E-state index contributed by atoms with van der Waals surface area (Å²) in [6.07, 6.45) is 0. The summed E-state index contributed by atoms with van der Waals surface area (Å²) in [5, 5.41) is 9.46. The normalized spacial score (nSPS) is 11.9. The van der Waals surface area contributed by atoms with E-state index < -0.39 is 0 Å². The van der Waals surface area contributed by atoms with E-state index in [2.05, 4.69) is 64.0 Å². The molecule has 2 rings (SSSR count). The van der Waals surface area contributed by atoms with E-state index in [1.165, 1.54) is 16.9 Å². The average Bonchev–Trinajstić information content (AvgIpc) is 3.07. The molecule has 0 fully saturated rings. The van der Waals surface area contributed by atoms with Crippen molar-refractivity contribution in [3.05, 3.63) is 52.0 Å². The fraction of sp³-hybridized carbons (Fsp3) is 0.421. The highest BCUT2D eigenvalue weighted by atomic mass is 32.1. The molecule has 2 aromatic rings. The van der Waals surface area contributed by atoms with Crippen LogP contribution in [0.4, 0.5) is 0 Å². The van der Waals surface area contributed by atoms with E-state index in [-0.39, 0.29) is 11.3 Å². The Morgan fingerprint density at radius 3 is 2.46 bits per heavy atom. The van der Waals surface area contributed by atoms with Crippen LogP contribution < -0.4 is 16.0 Å². The first-order chi connectivity index (χ1) is 12.4. The number of carbonyl (C=O) groups is 1. The van der Waals surface area contributed by atoms with Gasteiger partial charge in [-0.15, -0.1) is 11.3 Å². The molecule has 140 valence electrons. The minimum atomic E-state index is -0.0834. The number of nitrogens with one attached hydrogen (secondary N) is 3. The van der Waals surface area contributed by atoms with Gasteiger partial charge < -0.3 is 16.0 Å². The van der Waals surface area contributed by atoms with Crippen molar-refractivity contribution in [2.45, 2.75) is 26.2 Å². The van der Waals surface area contributed by atoms with Crippen molar-refractivity contribution >= 4 is 23.2 Å². The number of guanidine groups is 1. The SMILES string of the molecule is CN=C(NCCNC(=O)c1scnc1C)NCC(C)(C)c1ccccc1. The maximum atomic E-state index is 12.0. The Balaban J connectivity index is 1.74. The zero-order valence-electron chi connectivity index (χ0n) is 15.8. The molecule has 1 amide bonds. The van der Waals surface area contributed by atoms with Crippen molar-refractivity contribution < 1.29 is 4.79 Å². The molecule has 3 N–H and O–H groups in total. The van der Waals surface area contributed by atoms with Gasteiger partial charge in [-0.1, -0.05) is 44.2 Å². The van der Waals surface area contributed by atoms with Gasteiger partial charge in [0.05, 0.1) is 11.2 Å². The maximum Gasteiger partial charge on any atom is 0.263 e. The van der Waals surface area contributed by atoms with E-state index >= 15 is 0 Å². The summed E-state index contributed by atoms with van der Waals surface area (Å²) in [5.41, 5.74) is 3.70. The van der Waals surface area contributed by atoms with Crippen LogP contribution in [0.1, 0.15) is 34.8 Å². The van der Waals surface area contributed by atoms with Crippen LogP contribution in [0, 0.1) is 6.92 Å². The Bertz CT molecular complexity index is 739. The number of nitrogens with zero attached hydrogens (tertiary/aromatic N) is 2. The zero-order chi connectivity index (χ0) is 19.0. The minimum Gasteiger partial charge on any atom is -0.356 e. The third kappa shape index (κ3) is 5.56. The zero-order valence-corrected chi connectivity index (χ0v) is 16.6. The lowest BCUT2D eigenvalue weighted by Gasteiger charge is -2.26. The molecule has 1 aromatic carbocycles. The second-order valence-electron chi connectivity index (χ2n) is 6.63. The molecule has 0 aliphatic carbocycles. The van der Waals surface area contributed by atoms with E-state index in [1.807, 2.05) is 13.0 Å². The van der Waals surface area contributed by atoms with E-state index in [0.29, 0.717) is 18.0 Å². The number of hydrogen-bond acceptors (Lipinski definition) is 4. The lowest BCUT2D eigenvalue weighted by atomic mass is 9.85. The summed E-state index contributed by atoms with van der Waals surface area (Å²) in [6.45, 7) is 8.08. The van der Waals surface area contributed by atoms with E-state index in [9.17, 15) is 4.79 Å². The van der Waals surface area contributed by atoms with Gasteiger partial charge in [-0.05, 0) is 12.5 Å². The van der Waals surface area contributed by atoms with Gasteiger partial charge in [0.25, 0.3) is 5.91 Å². The van der Waals surface area contributed by atoms with Crippen molar-refractivity contribution in [2.24, 2.45) is 4.99 Å². The van der Waals surface area contributed by atoms with E-state index in [0.717, 1.165) is 18.2 Å². The minimum absolute atomic E-state index is 0.0171. The number of carbonyl (C=O) groups excluding carboxylic acids is 1. The number of amides is 1. The molecule has 0 saturated carbocycles. The molecule has 1 aromatic heterocycles. The molecule has 0 aliphatic rings. The first-order valence-corrected chi connectivity index (χ1v) is 9.50. The maximum absolute atomic E-state index is 12.0. The van der Waals surface area contributed by atoms with Crippen LogP contribution in [-0.2, 0) is 5.41 Å². The fourth-order valence-electron chi connectivity index (χ4n) is 2.47. The van der Waals surface area contributed by atoms with Gasteiger partial charge >= 0.3 is 0 Å². The summed E-state index contributed by atoms with van der Waals surface area (Å²) in [5.74, 6) is 0.636. The molecule has 0 saturated heterocycles. The van der Waals surface area contributed by atoms with Crippen molar-refractivity contribution in [1.82, 2.24) is 20.9 Å². The van der Waals surface area contributed by atoms with Gasteiger partial charge in [0.1, 0.15) is 4.88 Å². The van der Waals surface area contributed by atoms with Crippen LogP contribution in [0.2, 0.25) is 0 Å². The summed E-state index contributed by atoms with van der Waals surface area (Å²) in [4.78, 5) is 21.0. The second-order valence-corrected chi connectivity index (χ2v) is 7.48. The van der Waals surface area contributed by atoms with Gasteiger partial charge in [-0.2, -0.15) is 0 Å². The predicted molar refractivity (Wildman–Crippen MR) is 108 cm³/mol. The monoisotopic (exact) mass is 373 g/mol. The predicted octanol–water partition coefficient (Wildman–Crippen LogP) is 2.32. The molecule has 0 bridgehead atoms. The van der Waals surface area contributed by atoms with Gasteiger partial charge in [-0.3, -0.25) is 9.79 Å². The van der Waals surface area contributed by atoms with Crippen molar-refractivity contribution in [3.63, 3.8) is 0 Å². The Labute approximate surface area is 159 Å². The molecule has 0 spiro atoms. The number of hydrogen-bond donors (Lipinski definition) is 3. The summed E-state index contributed by atoms with van der Waals surface area (Å²) >= 11 is 1.36. The first-order valence-electron chi connectivity index (χ1n) is 8.62. The molecule has 0 atom stereocenters. The molecule has 1 heterocycles. The molecule has 0 unspecified atom stereocenters. The summed E-state index contributed by atoms with van der Waals surface area (Å²) in [7, 11) is 1.74. The van der Waals surface area contributed by atoms with Crippen molar-refractivity contribution in [1.29, 1.82) is 0 Å². The van der Waals surface area contributed by atoms with Crippen LogP contribution in [0.5, 0.6) is 0 Å². The summed E-state index contributed by atoms with van der Waals surface area (Å²) < 4.78 is 0. The largest absolute Gasteiger partial charge is 0.356 e. The van der Waals surface area contributed by atoms with E-state index in [1.54, 1.807) is 12.6 Å². The Kier molecular flexibility index (Phi) is 7.15. The highest BCUT2D eigenvalue weighted by molar-refractivity contribution is 7.11. The van der Waals surface area contributed by atoms with Crippen molar-refractivity contribution in [2.75, 3.05) is 26.7 Å². The standard InChI is InChI=1S/C19H27N5OS/c1-14-16(26-13-24-14)17(25)21-10-11-22-18(20-4)23-12-19(2,3)15-8-6-5-7-9-15/h5-9,13H,10-12H2,1-4H3,(H,21,25)(H2,20,22,23). The molecular formula is C19H27N5OS. The van der Waals surface area contributed by atoms with Crippen LogP contribution in [0.25, 0.3) is 0 Å². The van der Waals surface area contributed by atoms with Gasteiger partial charge in [-0.25, -0.2) is 4.98 Å². The second kappa shape index (κ2) is 9.33. The highest BCUT2D eigenvalue weighted by Gasteiger charge is 2.20. The Morgan fingerprint density at radius 2 is 1.85 bits per heavy atom. The lowest BCUT2D eigenvalue weighted by molar-refractivity contribution is 0.0957. The number of aliphatic imine (C=N–C) groups is 1.